The van der Waals surface area contributed by atoms with E-state index in [4.69, 9.17) is 5.11 Å². The fourth-order valence-corrected chi connectivity index (χ4v) is 2.36. The van der Waals surface area contributed by atoms with E-state index in [0.29, 0.717) is 25.7 Å². The molecule has 15 heavy (non-hydrogen) atoms. The van der Waals surface area contributed by atoms with Gasteiger partial charge in [-0.1, -0.05) is 20.8 Å². The molecule has 0 spiro atoms. The van der Waals surface area contributed by atoms with Gasteiger partial charge >= 0.3 is 6.09 Å². The first-order chi connectivity index (χ1) is 6.77. The van der Waals surface area contributed by atoms with E-state index in [9.17, 15) is 9.90 Å². The second kappa shape index (κ2) is 4.00. The number of rotatable bonds is 1. The number of aliphatic hydroxyl groups is 1. The van der Waals surface area contributed by atoms with Gasteiger partial charge in [0, 0.05) is 5.54 Å². The lowest BCUT2D eigenvalue weighted by molar-refractivity contribution is 0.0291. The molecule has 3 N–H and O–H groups in total. The van der Waals surface area contributed by atoms with Gasteiger partial charge in [-0.25, -0.2) is 4.79 Å². The molecule has 0 aromatic rings. The normalized spacial score (nSPS) is 32.4. The number of carbonyl (C=O) groups is 1. The van der Waals surface area contributed by atoms with Crippen LogP contribution >= 0.6 is 0 Å². The molecule has 1 fully saturated rings. The molecule has 0 aliphatic heterocycles. The molecule has 1 aliphatic carbocycles. The monoisotopic (exact) mass is 215 g/mol. The number of aliphatic hydroxyl groups excluding tert-OH is 1. The van der Waals surface area contributed by atoms with Gasteiger partial charge in [0.1, 0.15) is 0 Å². The number of hydrogen-bond donors (Lipinski definition) is 3. The van der Waals surface area contributed by atoms with Gasteiger partial charge in [0.15, 0.2) is 0 Å². The highest BCUT2D eigenvalue weighted by molar-refractivity contribution is 5.65. The Morgan fingerprint density at radius 2 is 1.80 bits per heavy atom. The van der Waals surface area contributed by atoms with Crippen LogP contribution in [0.5, 0.6) is 0 Å². The van der Waals surface area contributed by atoms with Gasteiger partial charge in [0.25, 0.3) is 0 Å². The first kappa shape index (κ1) is 12.3. The van der Waals surface area contributed by atoms with Gasteiger partial charge in [-0.3, -0.25) is 0 Å². The zero-order chi connectivity index (χ0) is 11.7. The summed E-state index contributed by atoms with van der Waals surface area (Å²) in [5, 5.41) is 21.0. The predicted octanol–water partition coefficient (Wildman–Crippen LogP) is 1.97. The summed E-state index contributed by atoms with van der Waals surface area (Å²) in [6.07, 6.45) is 1.54. The molecule has 1 aliphatic rings. The molecule has 0 atom stereocenters. The van der Waals surface area contributed by atoms with Crippen molar-refractivity contribution >= 4 is 6.09 Å². The Kier molecular flexibility index (Phi) is 3.28. The van der Waals surface area contributed by atoms with E-state index >= 15 is 0 Å². The molecular formula is C11H21NO3. The highest BCUT2D eigenvalue weighted by atomic mass is 16.4. The summed E-state index contributed by atoms with van der Waals surface area (Å²) in [5.41, 5.74) is -0.510. The summed E-state index contributed by atoms with van der Waals surface area (Å²) in [5.74, 6) is 0. The highest BCUT2D eigenvalue weighted by Crippen LogP contribution is 2.41. The predicted molar refractivity (Wildman–Crippen MR) is 57.8 cm³/mol. The average molecular weight is 215 g/mol. The molecule has 4 nitrogen and oxygen atoms in total. The Labute approximate surface area is 90.7 Å². The van der Waals surface area contributed by atoms with Crippen molar-refractivity contribution in [3.8, 4) is 0 Å². The van der Waals surface area contributed by atoms with Gasteiger partial charge in [-0.05, 0) is 31.1 Å². The first-order valence-corrected chi connectivity index (χ1v) is 5.46. The largest absolute Gasteiger partial charge is 0.465 e. The number of carboxylic acid groups (broad SMARTS) is 1. The molecule has 1 amide bonds. The lowest BCUT2D eigenvalue weighted by Crippen LogP contribution is -2.58. The second-order valence-corrected chi connectivity index (χ2v) is 5.49. The summed E-state index contributed by atoms with van der Waals surface area (Å²) in [7, 11) is 0. The van der Waals surface area contributed by atoms with Crippen LogP contribution in [0.15, 0.2) is 0 Å². The van der Waals surface area contributed by atoms with Crippen LogP contribution in [0.2, 0.25) is 0 Å². The molecule has 1 rings (SSSR count). The van der Waals surface area contributed by atoms with Crippen molar-refractivity contribution in [1.29, 1.82) is 0 Å². The van der Waals surface area contributed by atoms with Crippen molar-refractivity contribution in [2.24, 2.45) is 5.41 Å². The van der Waals surface area contributed by atoms with E-state index < -0.39 is 11.6 Å². The molecule has 0 aromatic carbocycles. The number of hydrogen-bond acceptors (Lipinski definition) is 2. The standard InChI is InChI=1S/C11H21NO3/c1-10(2,3)11(12-9(14)15)6-4-8(13)5-7-11/h8,12-13H,4-7H2,1-3H3,(H,14,15). The fraction of sp³-hybridized carbons (Fsp3) is 0.909. The molecule has 0 aromatic heterocycles. The van der Waals surface area contributed by atoms with Gasteiger partial charge in [0.05, 0.1) is 6.10 Å². The lowest BCUT2D eigenvalue weighted by atomic mass is 9.65. The molecular weight excluding hydrogens is 194 g/mol. The third-order valence-corrected chi connectivity index (χ3v) is 3.59. The van der Waals surface area contributed by atoms with Gasteiger partial charge < -0.3 is 15.5 Å². The van der Waals surface area contributed by atoms with Gasteiger partial charge in [0.2, 0.25) is 0 Å². The molecule has 4 heteroatoms. The van der Waals surface area contributed by atoms with E-state index in [1.807, 2.05) is 20.8 Å². The van der Waals surface area contributed by atoms with Crippen LogP contribution in [0.3, 0.4) is 0 Å². The fourth-order valence-electron chi connectivity index (χ4n) is 2.36. The highest BCUT2D eigenvalue weighted by Gasteiger charge is 2.45. The zero-order valence-electron chi connectivity index (χ0n) is 9.71. The summed E-state index contributed by atoms with van der Waals surface area (Å²) in [6, 6.07) is 0. The van der Waals surface area contributed by atoms with Crippen molar-refractivity contribution in [2.45, 2.75) is 58.1 Å². The maximum Gasteiger partial charge on any atom is 0.405 e. The minimum Gasteiger partial charge on any atom is -0.465 e. The summed E-state index contributed by atoms with van der Waals surface area (Å²) < 4.78 is 0. The van der Waals surface area contributed by atoms with Crippen LogP contribution in [0.1, 0.15) is 46.5 Å². The molecule has 0 unspecified atom stereocenters. The van der Waals surface area contributed by atoms with E-state index in [-0.39, 0.29) is 11.5 Å². The molecule has 1 saturated carbocycles. The Morgan fingerprint density at radius 3 is 2.13 bits per heavy atom. The van der Waals surface area contributed by atoms with E-state index in [0.717, 1.165) is 0 Å². The topological polar surface area (TPSA) is 69.6 Å². The van der Waals surface area contributed by atoms with Crippen LogP contribution in [0.25, 0.3) is 0 Å². The Hall–Kier alpha value is -0.770. The summed E-state index contributed by atoms with van der Waals surface area (Å²) >= 11 is 0. The smallest absolute Gasteiger partial charge is 0.405 e. The maximum atomic E-state index is 10.8. The van der Waals surface area contributed by atoms with Crippen LogP contribution in [-0.2, 0) is 0 Å². The SMILES string of the molecule is CC(C)(C)C1(NC(=O)O)CCC(O)CC1. The first-order valence-electron chi connectivity index (χ1n) is 5.46. The van der Waals surface area contributed by atoms with Crippen molar-refractivity contribution in [1.82, 2.24) is 5.32 Å². The van der Waals surface area contributed by atoms with E-state index in [1.54, 1.807) is 0 Å². The van der Waals surface area contributed by atoms with Crippen molar-refractivity contribution in [2.75, 3.05) is 0 Å². The lowest BCUT2D eigenvalue weighted by Gasteiger charge is -2.48. The Morgan fingerprint density at radius 1 is 1.33 bits per heavy atom. The number of amides is 1. The summed E-state index contributed by atoms with van der Waals surface area (Å²) in [4.78, 5) is 10.8. The van der Waals surface area contributed by atoms with Crippen LogP contribution < -0.4 is 5.32 Å². The molecule has 0 saturated heterocycles. The van der Waals surface area contributed by atoms with E-state index in [2.05, 4.69) is 5.32 Å². The quantitative estimate of drug-likeness (QED) is 0.626. The third kappa shape index (κ3) is 2.62. The average Bonchev–Trinajstić information content (AvgIpc) is 2.06. The molecule has 0 radical (unpaired) electrons. The third-order valence-electron chi connectivity index (χ3n) is 3.59. The van der Waals surface area contributed by atoms with Crippen molar-refractivity contribution < 1.29 is 15.0 Å². The van der Waals surface area contributed by atoms with Crippen LogP contribution in [-0.4, -0.2) is 27.9 Å². The number of nitrogens with one attached hydrogen (secondary N) is 1. The molecule has 0 heterocycles. The second-order valence-electron chi connectivity index (χ2n) is 5.49. The van der Waals surface area contributed by atoms with Gasteiger partial charge in [-0.15, -0.1) is 0 Å². The minimum absolute atomic E-state index is 0.120. The van der Waals surface area contributed by atoms with Gasteiger partial charge in [-0.2, -0.15) is 0 Å². The summed E-state index contributed by atoms with van der Waals surface area (Å²) in [6.45, 7) is 6.13. The zero-order valence-corrected chi connectivity index (χ0v) is 9.71. The van der Waals surface area contributed by atoms with Crippen molar-refractivity contribution in [3.63, 3.8) is 0 Å². The van der Waals surface area contributed by atoms with Crippen molar-refractivity contribution in [3.05, 3.63) is 0 Å². The van der Waals surface area contributed by atoms with Crippen LogP contribution in [0, 0.1) is 5.41 Å². The van der Waals surface area contributed by atoms with E-state index in [1.165, 1.54) is 0 Å². The maximum absolute atomic E-state index is 10.8. The minimum atomic E-state index is -0.971. The van der Waals surface area contributed by atoms with Crippen LogP contribution in [0.4, 0.5) is 4.79 Å². The molecule has 0 bridgehead atoms. The molecule has 88 valence electrons. The Bertz CT molecular complexity index is 237. The Balaban J connectivity index is 2.83.